The van der Waals surface area contributed by atoms with Gasteiger partial charge in [0.05, 0.1) is 5.02 Å². The Morgan fingerprint density at radius 2 is 1.58 bits per heavy atom. The number of halogens is 2. The molecule has 0 aliphatic carbocycles. The van der Waals surface area contributed by atoms with Gasteiger partial charge in [0.2, 0.25) is 5.91 Å². The number of nitrogens with one attached hydrogen (secondary N) is 1. The number of aromatic nitrogens is 1. The summed E-state index contributed by atoms with van der Waals surface area (Å²) in [5, 5.41) is 0.637. The number of carbonyl (C=O) groups excluding carboxylic acids is 2. The van der Waals surface area contributed by atoms with Gasteiger partial charge in [0.1, 0.15) is 10.8 Å². The molecule has 0 unspecified atom stereocenters. The predicted molar refractivity (Wildman–Crippen MR) is 94.5 cm³/mol. The maximum absolute atomic E-state index is 12.7. The van der Waals surface area contributed by atoms with Crippen molar-refractivity contribution in [2.45, 2.75) is 38.5 Å². The van der Waals surface area contributed by atoms with Crippen molar-refractivity contribution in [1.82, 2.24) is 14.8 Å². The molecule has 7 heteroatoms. The van der Waals surface area contributed by atoms with E-state index in [0.29, 0.717) is 23.8 Å². The maximum Gasteiger partial charge on any atom is 0.270 e. The Labute approximate surface area is 152 Å². The molecule has 0 spiro atoms. The topological polar surface area (TPSA) is 56.4 Å². The molecule has 0 radical (unpaired) electrons. The summed E-state index contributed by atoms with van der Waals surface area (Å²) in [6.45, 7) is 2.96. The van der Waals surface area contributed by atoms with Gasteiger partial charge in [-0.2, -0.15) is 0 Å². The van der Waals surface area contributed by atoms with Gasteiger partial charge < -0.3 is 14.8 Å². The van der Waals surface area contributed by atoms with E-state index in [-0.39, 0.29) is 22.9 Å². The van der Waals surface area contributed by atoms with Crippen molar-refractivity contribution in [3.63, 3.8) is 0 Å². The summed E-state index contributed by atoms with van der Waals surface area (Å²) in [6, 6.07) is 1.56. The van der Waals surface area contributed by atoms with Crippen LogP contribution in [0.15, 0.2) is 6.07 Å². The summed E-state index contributed by atoms with van der Waals surface area (Å²) in [4.78, 5) is 31.7. The number of hydrogen-bond acceptors (Lipinski definition) is 2. The first-order chi connectivity index (χ1) is 11.6. The number of amides is 2. The third-order valence-electron chi connectivity index (χ3n) is 5.00. The van der Waals surface area contributed by atoms with E-state index in [1.54, 1.807) is 11.0 Å². The second-order valence-electron chi connectivity index (χ2n) is 6.65. The van der Waals surface area contributed by atoms with E-state index in [0.717, 1.165) is 38.8 Å². The third kappa shape index (κ3) is 3.89. The maximum atomic E-state index is 12.7. The fourth-order valence-corrected chi connectivity index (χ4v) is 3.88. The quantitative estimate of drug-likeness (QED) is 0.863. The highest BCUT2D eigenvalue weighted by molar-refractivity contribution is 6.41. The van der Waals surface area contributed by atoms with Gasteiger partial charge in [0, 0.05) is 32.1 Å². The molecule has 132 valence electrons. The number of rotatable bonds is 2. The fourth-order valence-electron chi connectivity index (χ4n) is 3.57. The van der Waals surface area contributed by atoms with Crippen LogP contribution in [0.3, 0.4) is 0 Å². The van der Waals surface area contributed by atoms with Gasteiger partial charge in [0.15, 0.2) is 0 Å². The number of likely N-dealkylation sites (tertiary alicyclic amines) is 2. The van der Waals surface area contributed by atoms with Crippen molar-refractivity contribution in [2.75, 3.05) is 26.2 Å². The number of nitrogens with zero attached hydrogens (tertiary/aromatic N) is 2. The Morgan fingerprint density at radius 3 is 2.12 bits per heavy atom. The van der Waals surface area contributed by atoms with Crippen molar-refractivity contribution in [3.8, 4) is 0 Å². The summed E-state index contributed by atoms with van der Waals surface area (Å²) in [6.07, 6.45) is 6.11. The van der Waals surface area contributed by atoms with E-state index in [9.17, 15) is 9.59 Å². The van der Waals surface area contributed by atoms with Crippen LogP contribution in [-0.4, -0.2) is 52.8 Å². The lowest BCUT2D eigenvalue weighted by Crippen LogP contribution is -2.44. The van der Waals surface area contributed by atoms with Crippen LogP contribution >= 0.6 is 23.2 Å². The van der Waals surface area contributed by atoms with E-state index in [1.807, 2.05) is 4.90 Å². The van der Waals surface area contributed by atoms with E-state index in [4.69, 9.17) is 23.2 Å². The molecule has 2 amide bonds. The van der Waals surface area contributed by atoms with Crippen LogP contribution in [0, 0.1) is 5.92 Å². The first-order valence-corrected chi connectivity index (χ1v) is 9.44. The Balaban J connectivity index is 1.55. The van der Waals surface area contributed by atoms with Crippen LogP contribution in [0.25, 0.3) is 0 Å². The molecule has 3 rings (SSSR count). The zero-order chi connectivity index (χ0) is 17.1. The van der Waals surface area contributed by atoms with E-state index >= 15 is 0 Å². The van der Waals surface area contributed by atoms with Gasteiger partial charge >= 0.3 is 0 Å². The van der Waals surface area contributed by atoms with Crippen LogP contribution in [0.5, 0.6) is 0 Å². The van der Waals surface area contributed by atoms with E-state index in [1.165, 1.54) is 12.8 Å². The van der Waals surface area contributed by atoms with Crippen molar-refractivity contribution in [3.05, 3.63) is 21.9 Å². The molecule has 3 heterocycles. The van der Waals surface area contributed by atoms with Crippen molar-refractivity contribution >= 4 is 35.0 Å². The van der Waals surface area contributed by atoms with Crippen LogP contribution in [0.1, 0.15) is 49.0 Å². The number of hydrogen-bond donors (Lipinski definition) is 1. The Bertz CT molecular complexity index is 581. The summed E-state index contributed by atoms with van der Waals surface area (Å²) >= 11 is 11.8. The summed E-state index contributed by atoms with van der Waals surface area (Å²) in [7, 11) is 0. The highest BCUT2D eigenvalue weighted by Crippen LogP contribution is 2.25. The van der Waals surface area contributed by atoms with Gasteiger partial charge in [-0.05, 0) is 31.7 Å². The van der Waals surface area contributed by atoms with Crippen molar-refractivity contribution in [2.24, 2.45) is 5.92 Å². The lowest BCUT2D eigenvalue weighted by Gasteiger charge is -2.33. The molecule has 1 N–H and O–H groups in total. The SMILES string of the molecule is O=C(c1cc(Cl)c(Cl)[nH]1)N1CCC(C(=O)N2CCCCCC2)CC1. The van der Waals surface area contributed by atoms with Gasteiger partial charge in [-0.25, -0.2) is 0 Å². The average molecular weight is 372 g/mol. The number of piperidine rings is 1. The second-order valence-corrected chi connectivity index (χ2v) is 7.44. The van der Waals surface area contributed by atoms with Crippen LogP contribution in [0.2, 0.25) is 10.2 Å². The third-order valence-corrected chi connectivity index (χ3v) is 5.70. The van der Waals surface area contributed by atoms with E-state index < -0.39 is 0 Å². The molecule has 1 aromatic heterocycles. The summed E-state index contributed by atoms with van der Waals surface area (Å²) in [5.74, 6) is 0.211. The van der Waals surface area contributed by atoms with Gasteiger partial charge in [-0.1, -0.05) is 36.0 Å². The normalized spacial score (nSPS) is 20.1. The molecule has 24 heavy (non-hydrogen) atoms. The first kappa shape index (κ1) is 17.6. The van der Waals surface area contributed by atoms with Crippen LogP contribution in [0.4, 0.5) is 0 Å². The molecule has 5 nitrogen and oxygen atoms in total. The largest absolute Gasteiger partial charge is 0.342 e. The monoisotopic (exact) mass is 371 g/mol. The first-order valence-electron chi connectivity index (χ1n) is 8.68. The fraction of sp³-hybridized carbons (Fsp3) is 0.647. The standard InChI is InChI=1S/C17H23Cl2N3O2/c18-13-11-14(20-15(13)19)17(24)22-9-5-12(6-10-22)16(23)21-7-3-1-2-4-8-21/h11-12,20H,1-10H2. The molecule has 2 aliphatic rings. The molecule has 0 aromatic carbocycles. The van der Waals surface area contributed by atoms with Gasteiger partial charge in [0.25, 0.3) is 5.91 Å². The lowest BCUT2D eigenvalue weighted by molar-refractivity contribution is -0.136. The van der Waals surface area contributed by atoms with Crippen LogP contribution in [-0.2, 0) is 4.79 Å². The molecule has 2 aliphatic heterocycles. The summed E-state index contributed by atoms with van der Waals surface area (Å²) in [5.41, 5.74) is 0.405. The van der Waals surface area contributed by atoms with Gasteiger partial charge in [-0.15, -0.1) is 0 Å². The highest BCUT2D eigenvalue weighted by Gasteiger charge is 2.31. The highest BCUT2D eigenvalue weighted by atomic mass is 35.5. The van der Waals surface area contributed by atoms with Crippen molar-refractivity contribution < 1.29 is 9.59 Å². The molecule has 0 saturated carbocycles. The average Bonchev–Trinajstić information content (AvgIpc) is 2.81. The van der Waals surface area contributed by atoms with E-state index in [2.05, 4.69) is 4.98 Å². The molecular formula is C17H23Cl2N3O2. The number of H-pyrrole nitrogens is 1. The molecule has 1 aromatic rings. The minimum absolute atomic E-state index is 0.0444. The molecule has 2 saturated heterocycles. The molecule has 2 fully saturated rings. The van der Waals surface area contributed by atoms with Gasteiger partial charge in [-0.3, -0.25) is 9.59 Å². The van der Waals surface area contributed by atoms with Crippen molar-refractivity contribution in [1.29, 1.82) is 0 Å². The minimum Gasteiger partial charge on any atom is -0.342 e. The Kier molecular flexibility index (Phi) is 5.72. The summed E-state index contributed by atoms with van der Waals surface area (Å²) < 4.78 is 0. The lowest BCUT2D eigenvalue weighted by atomic mass is 9.95. The second kappa shape index (κ2) is 7.79. The number of aromatic amines is 1. The Hall–Kier alpha value is -1.20. The van der Waals surface area contributed by atoms with Crippen LogP contribution < -0.4 is 0 Å². The molecule has 0 atom stereocenters. The Morgan fingerprint density at radius 1 is 0.958 bits per heavy atom. The zero-order valence-corrected chi connectivity index (χ0v) is 15.2. The molecule has 0 bridgehead atoms. The molecular weight excluding hydrogens is 349 g/mol. The number of carbonyl (C=O) groups is 2. The smallest absolute Gasteiger partial charge is 0.270 e. The minimum atomic E-state index is -0.107. The zero-order valence-electron chi connectivity index (χ0n) is 13.7. The predicted octanol–water partition coefficient (Wildman–Crippen LogP) is 3.58.